The van der Waals surface area contributed by atoms with Crippen molar-refractivity contribution in [3.8, 4) is 0 Å². The van der Waals surface area contributed by atoms with E-state index in [0.717, 1.165) is 23.4 Å². The number of benzene rings is 2. The Hall–Kier alpha value is -4.03. The molecule has 2 aromatic heterocycles. The second-order valence-electron chi connectivity index (χ2n) is 10.7. The van der Waals surface area contributed by atoms with Crippen molar-refractivity contribution in [2.75, 3.05) is 30.8 Å². The molecule has 0 aliphatic carbocycles. The molecule has 2 aliphatic heterocycles. The van der Waals surface area contributed by atoms with Crippen LogP contribution in [0.4, 0.5) is 14.6 Å². The van der Waals surface area contributed by atoms with Crippen LogP contribution in [0.15, 0.2) is 65.7 Å². The minimum atomic E-state index is -1.10. The Kier molecular flexibility index (Phi) is 7.82. The van der Waals surface area contributed by atoms with E-state index < -0.39 is 18.2 Å². The monoisotopic (exact) mass is 592 g/mol. The van der Waals surface area contributed by atoms with E-state index in [1.165, 1.54) is 34.6 Å². The molecule has 2 aliphatic rings. The predicted octanol–water partition coefficient (Wildman–Crippen LogP) is 4.58. The Morgan fingerprint density at radius 2 is 2.00 bits per heavy atom. The zero-order valence-electron chi connectivity index (χ0n) is 22.9. The van der Waals surface area contributed by atoms with E-state index in [4.69, 9.17) is 0 Å². The number of halogens is 2. The van der Waals surface area contributed by atoms with E-state index in [2.05, 4.69) is 20.3 Å². The van der Waals surface area contributed by atoms with E-state index in [0.29, 0.717) is 30.1 Å². The molecule has 6 rings (SSSR count). The van der Waals surface area contributed by atoms with Crippen molar-refractivity contribution in [1.82, 2.24) is 24.8 Å². The van der Waals surface area contributed by atoms with Gasteiger partial charge in [-0.3, -0.25) is 9.69 Å². The number of imidazole rings is 1. The molecule has 3 unspecified atom stereocenters. The summed E-state index contributed by atoms with van der Waals surface area (Å²) < 4.78 is 30.5. The van der Waals surface area contributed by atoms with Gasteiger partial charge in [0.1, 0.15) is 17.8 Å². The number of carbonyl (C=O) groups is 2. The van der Waals surface area contributed by atoms with E-state index >= 15 is 0 Å². The maximum absolute atomic E-state index is 14.7. The topological polar surface area (TPSA) is 103 Å². The Morgan fingerprint density at radius 3 is 2.81 bits per heavy atom. The van der Waals surface area contributed by atoms with Crippen LogP contribution < -0.4 is 10.2 Å². The normalized spacial score (nSPS) is 20.8. The molecule has 0 spiro atoms. The highest BCUT2D eigenvalue weighted by Gasteiger charge is 2.35. The first-order valence-electron chi connectivity index (χ1n) is 13.7. The van der Waals surface area contributed by atoms with Gasteiger partial charge in [-0.2, -0.15) is 0 Å². The number of rotatable bonds is 8. The van der Waals surface area contributed by atoms with Gasteiger partial charge in [-0.25, -0.2) is 23.1 Å². The Morgan fingerprint density at radius 1 is 1.14 bits per heavy atom. The number of carbonyl (C=O) groups excluding carboxylic acids is 1. The number of aromatic nitrogens is 3. The van der Waals surface area contributed by atoms with Crippen LogP contribution in [-0.2, 0) is 6.54 Å². The number of nitrogens with zero attached hydrogens (tertiary/aromatic N) is 5. The first-order valence-corrected chi connectivity index (χ1v) is 15.0. The van der Waals surface area contributed by atoms with Crippen molar-refractivity contribution < 1.29 is 23.5 Å². The minimum Gasteiger partial charge on any atom is -0.478 e. The Balaban J connectivity index is 1.17. The zero-order chi connectivity index (χ0) is 29.4. The highest BCUT2D eigenvalue weighted by atomic mass is 32.2. The summed E-state index contributed by atoms with van der Waals surface area (Å²) in [6.07, 6.45) is 3.21. The van der Waals surface area contributed by atoms with Gasteiger partial charge >= 0.3 is 5.97 Å². The number of aromatic carboxylic acids is 1. The summed E-state index contributed by atoms with van der Waals surface area (Å²) in [5.74, 6) is -1.17. The fourth-order valence-electron chi connectivity index (χ4n) is 5.83. The van der Waals surface area contributed by atoms with Crippen LogP contribution in [0.25, 0.3) is 5.65 Å². The van der Waals surface area contributed by atoms with Crippen molar-refractivity contribution in [3.63, 3.8) is 0 Å². The molecule has 4 aromatic rings. The molecule has 0 radical (unpaired) electrons. The number of fused-ring (bicyclic) bond motifs is 1. The van der Waals surface area contributed by atoms with E-state index in [1.54, 1.807) is 30.3 Å². The maximum Gasteiger partial charge on any atom is 0.335 e. The summed E-state index contributed by atoms with van der Waals surface area (Å²) in [6.45, 7) is 2.08. The van der Waals surface area contributed by atoms with Crippen molar-refractivity contribution in [2.24, 2.45) is 0 Å². The third-order valence-corrected chi connectivity index (χ3v) is 8.53. The number of anilines is 1. The predicted molar refractivity (Wildman–Crippen MR) is 155 cm³/mol. The van der Waals surface area contributed by atoms with Gasteiger partial charge in [0, 0.05) is 37.0 Å². The van der Waals surface area contributed by atoms with Gasteiger partial charge in [0.2, 0.25) is 0 Å². The summed E-state index contributed by atoms with van der Waals surface area (Å²) in [4.78, 5) is 33.7. The Labute approximate surface area is 245 Å². The SMILES string of the molecule is CSc1cc(F)cc(C2CC(F)CN2c2ccc3ncc(C(=O)NC4CCN(Cc5cccc(C(=O)O)c5)C4)n3n2)c1. The fourth-order valence-corrected chi connectivity index (χ4v) is 6.32. The van der Waals surface area contributed by atoms with Gasteiger partial charge < -0.3 is 15.3 Å². The lowest BCUT2D eigenvalue weighted by Gasteiger charge is -2.26. The number of hydrogen-bond donors (Lipinski definition) is 2. The zero-order valence-corrected chi connectivity index (χ0v) is 23.7. The first kappa shape index (κ1) is 28.1. The molecule has 0 saturated carbocycles. The summed E-state index contributed by atoms with van der Waals surface area (Å²) in [7, 11) is 0. The van der Waals surface area contributed by atoms with Crippen LogP contribution >= 0.6 is 11.8 Å². The number of likely N-dealkylation sites (tertiary alicyclic amines) is 1. The number of thioether (sulfide) groups is 1. The summed E-state index contributed by atoms with van der Waals surface area (Å²) in [6, 6.07) is 14.6. The molecule has 2 fully saturated rings. The van der Waals surface area contributed by atoms with Gasteiger partial charge in [0.15, 0.2) is 11.3 Å². The van der Waals surface area contributed by atoms with Gasteiger partial charge in [0.25, 0.3) is 5.91 Å². The lowest BCUT2D eigenvalue weighted by Crippen LogP contribution is -2.37. The Bertz CT molecular complexity index is 1650. The lowest BCUT2D eigenvalue weighted by atomic mass is 10.0. The van der Waals surface area contributed by atoms with Crippen LogP contribution in [-0.4, -0.2) is 74.6 Å². The highest BCUT2D eigenvalue weighted by Crippen LogP contribution is 2.38. The standard InChI is InChI=1S/C30H30F2N6O3S/c1-42-24-11-20(10-21(31)12-24)25-13-22(32)16-37(25)28-6-5-27-33-14-26(38(27)35-28)29(39)34-23-7-8-36(17-23)15-18-3-2-4-19(9-18)30(40)41/h2-6,9-12,14,22-23,25H,7-8,13,15-17H2,1H3,(H,34,39)(H,40,41). The van der Waals surface area contributed by atoms with Crippen LogP contribution in [0.3, 0.4) is 0 Å². The van der Waals surface area contributed by atoms with Crippen molar-refractivity contribution in [1.29, 1.82) is 0 Å². The molecular weight excluding hydrogens is 562 g/mol. The van der Waals surface area contributed by atoms with Crippen LogP contribution in [0.5, 0.6) is 0 Å². The van der Waals surface area contributed by atoms with Crippen LogP contribution in [0.1, 0.15) is 50.9 Å². The summed E-state index contributed by atoms with van der Waals surface area (Å²) in [5, 5.41) is 17.0. The number of nitrogens with one attached hydrogen (secondary N) is 1. The number of hydrogen-bond acceptors (Lipinski definition) is 7. The second kappa shape index (κ2) is 11.7. The van der Waals surface area contributed by atoms with Crippen LogP contribution in [0, 0.1) is 5.82 Å². The molecule has 9 nitrogen and oxygen atoms in total. The van der Waals surface area contributed by atoms with Gasteiger partial charge in [0.05, 0.1) is 24.3 Å². The quantitative estimate of drug-likeness (QED) is 0.287. The average molecular weight is 593 g/mol. The molecule has 4 heterocycles. The average Bonchev–Trinajstić information content (AvgIpc) is 3.70. The smallest absolute Gasteiger partial charge is 0.335 e. The molecular formula is C30H30F2N6O3S. The van der Waals surface area contributed by atoms with E-state index in [1.807, 2.05) is 23.3 Å². The molecule has 2 aromatic carbocycles. The number of carboxylic acids is 1. The third kappa shape index (κ3) is 5.82. The largest absolute Gasteiger partial charge is 0.478 e. The van der Waals surface area contributed by atoms with Gasteiger partial charge in [-0.15, -0.1) is 16.9 Å². The number of amides is 1. The van der Waals surface area contributed by atoms with Gasteiger partial charge in [-0.05, 0) is 66.3 Å². The summed E-state index contributed by atoms with van der Waals surface area (Å²) in [5.41, 5.74) is 2.59. The maximum atomic E-state index is 14.7. The fraction of sp³-hybridized carbons (Fsp3) is 0.333. The van der Waals surface area contributed by atoms with Crippen molar-refractivity contribution >= 4 is 35.1 Å². The van der Waals surface area contributed by atoms with Gasteiger partial charge in [-0.1, -0.05) is 12.1 Å². The van der Waals surface area contributed by atoms with E-state index in [9.17, 15) is 23.5 Å². The third-order valence-electron chi connectivity index (χ3n) is 7.83. The molecule has 42 heavy (non-hydrogen) atoms. The van der Waals surface area contributed by atoms with Crippen LogP contribution in [0.2, 0.25) is 0 Å². The molecule has 1 amide bonds. The first-order chi connectivity index (χ1) is 20.3. The molecule has 218 valence electrons. The van der Waals surface area contributed by atoms with E-state index in [-0.39, 0.29) is 42.0 Å². The van der Waals surface area contributed by atoms with Crippen molar-refractivity contribution in [3.05, 3.63) is 89.0 Å². The molecule has 12 heteroatoms. The molecule has 0 bridgehead atoms. The number of alkyl halides is 1. The molecule has 3 atom stereocenters. The minimum absolute atomic E-state index is 0.0947. The molecule has 2 N–H and O–H groups in total. The second-order valence-corrected chi connectivity index (χ2v) is 11.6. The lowest BCUT2D eigenvalue weighted by molar-refractivity contribution is 0.0696. The highest BCUT2D eigenvalue weighted by molar-refractivity contribution is 7.98. The summed E-state index contributed by atoms with van der Waals surface area (Å²) >= 11 is 1.43. The number of carboxylic acid groups (broad SMARTS) is 1. The molecule has 2 saturated heterocycles. The van der Waals surface area contributed by atoms with Crippen molar-refractivity contribution in [2.45, 2.75) is 42.5 Å².